The first-order valence-corrected chi connectivity index (χ1v) is 7.43. The van der Waals surface area contributed by atoms with Crippen LogP contribution in [-0.2, 0) is 4.79 Å². The second kappa shape index (κ2) is 12.7. The fraction of sp³-hybridized carbons (Fsp3) is 0.929. The molecule has 2 atom stereocenters. The molecule has 0 bridgehead atoms. The third kappa shape index (κ3) is 8.30. The van der Waals surface area contributed by atoms with Crippen molar-refractivity contribution in [2.24, 2.45) is 11.7 Å². The summed E-state index contributed by atoms with van der Waals surface area (Å²) in [6.07, 6.45) is 5.06. The number of nitrogens with one attached hydrogen (secondary N) is 1. The summed E-state index contributed by atoms with van der Waals surface area (Å²) in [5.74, 6) is 0.383. The summed E-state index contributed by atoms with van der Waals surface area (Å²) < 4.78 is 0. The maximum Gasteiger partial charge on any atom is 0.223 e. The van der Waals surface area contributed by atoms with Gasteiger partial charge in [-0.1, -0.05) is 13.8 Å². The van der Waals surface area contributed by atoms with Crippen molar-refractivity contribution in [2.45, 2.75) is 52.0 Å². The second-order valence-electron chi connectivity index (χ2n) is 5.30. The van der Waals surface area contributed by atoms with E-state index in [1.165, 1.54) is 0 Å². The van der Waals surface area contributed by atoms with Gasteiger partial charge in [0.2, 0.25) is 5.91 Å². The van der Waals surface area contributed by atoms with Gasteiger partial charge in [0.15, 0.2) is 0 Å². The van der Waals surface area contributed by atoms with Crippen molar-refractivity contribution in [2.75, 3.05) is 26.2 Å². The standard InChI is InChI=1S/C14H29N3O.2ClH/c1-3-17(4-2)10-6-5-9-16-14(18)12-7-8-13(15)11-12;;/h12-13H,3-11,15H2,1-2H3,(H,16,18);2*1H. The van der Waals surface area contributed by atoms with Crippen LogP contribution in [0.25, 0.3) is 0 Å². The van der Waals surface area contributed by atoms with E-state index in [9.17, 15) is 4.79 Å². The fourth-order valence-corrected chi connectivity index (χ4v) is 2.61. The first kappa shape index (κ1) is 22.3. The fourth-order valence-electron chi connectivity index (χ4n) is 2.61. The molecule has 1 aliphatic carbocycles. The zero-order chi connectivity index (χ0) is 13.4. The van der Waals surface area contributed by atoms with E-state index in [0.29, 0.717) is 0 Å². The summed E-state index contributed by atoms with van der Waals surface area (Å²) in [4.78, 5) is 14.2. The summed E-state index contributed by atoms with van der Waals surface area (Å²) in [5, 5.41) is 3.04. The predicted molar refractivity (Wildman–Crippen MR) is 89.8 cm³/mol. The molecule has 0 aromatic heterocycles. The lowest BCUT2D eigenvalue weighted by Crippen LogP contribution is -2.31. The van der Waals surface area contributed by atoms with Gasteiger partial charge in [-0.15, -0.1) is 24.8 Å². The van der Waals surface area contributed by atoms with Crippen LogP contribution in [0.1, 0.15) is 46.0 Å². The average Bonchev–Trinajstić information content (AvgIpc) is 2.80. The molecule has 0 aliphatic heterocycles. The Balaban J connectivity index is 0. The number of halogens is 2. The molecular weight excluding hydrogens is 297 g/mol. The highest BCUT2D eigenvalue weighted by molar-refractivity contribution is 5.85. The van der Waals surface area contributed by atoms with Crippen LogP contribution in [0.3, 0.4) is 0 Å². The molecule has 1 rings (SSSR count). The third-order valence-corrected chi connectivity index (χ3v) is 3.94. The maximum atomic E-state index is 11.8. The monoisotopic (exact) mass is 327 g/mol. The van der Waals surface area contributed by atoms with Gasteiger partial charge in [-0.25, -0.2) is 0 Å². The Bertz CT molecular complexity index is 251. The van der Waals surface area contributed by atoms with Crippen molar-refractivity contribution in [3.63, 3.8) is 0 Å². The molecule has 1 aliphatic rings. The number of nitrogens with zero attached hydrogens (tertiary/aromatic N) is 1. The van der Waals surface area contributed by atoms with Crippen molar-refractivity contribution in [1.29, 1.82) is 0 Å². The number of nitrogens with two attached hydrogens (primary N) is 1. The zero-order valence-electron chi connectivity index (χ0n) is 12.8. The molecule has 3 N–H and O–H groups in total. The van der Waals surface area contributed by atoms with Crippen LogP contribution in [0.5, 0.6) is 0 Å². The number of carbonyl (C=O) groups excluding carboxylic acids is 1. The Morgan fingerprint density at radius 2 is 1.85 bits per heavy atom. The Kier molecular flexibility index (Phi) is 14.1. The highest BCUT2D eigenvalue weighted by Gasteiger charge is 2.27. The minimum Gasteiger partial charge on any atom is -0.356 e. The van der Waals surface area contributed by atoms with Gasteiger partial charge in [0.05, 0.1) is 0 Å². The lowest BCUT2D eigenvalue weighted by Gasteiger charge is -2.17. The first-order chi connectivity index (χ1) is 8.67. The van der Waals surface area contributed by atoms with Gasteiger partial charge in [0.25, 0.3) is 0 Å². The molecule has 1 fully saturated rings. The van der Waals surface area contributed by atoms with Crippen LogP contribution in [-0.4, -0.2) is 43.0 Å². The number of hydrogen-bond acceptors (Lipinski definition) is 3. The van der Waals surface area contributed by atoms with Crippen molar-refractivity contribution in [1.82, 2.24) is 10.2 Å². The molecule has 2 unspecified atom stereocenters. The summed E-state index contributed by atoms with van der Waals surface area (Å²) in [6, 6.07) is 0.239. The van der Waals surface area contributed by atoms with Gasteiger partial charge in [-0.3, -0.25) is 4.79 Å². The van der Waals surface area contributed by atoms with Crippen LogP contribution < -0.4 is 11.1 Å². The molecule has 0 spiro atoms. The Morgan fingerprint density at radius 3 is 2.35 bits per heavy atom. The van der Waals surface area contributed by atoms with Gasteiger partial charge in [-0.05, 0) is 51.7 Å². The van der Waals surface area contributed by atoms with Crippen molar-refractivity contribution in [3.8, 4) is 0 Å². The molecule has 20 heavy (non-hydrogen) atoms. The zero-order valence-corrected chi connectivity index (χ0v) is 14.4. The quantitative estimate of drug-likeness (QED) is 0.672. The molecule has 4 nitrogen and oxygen atoms in total. The molecule has 0 saturated heterocycles. The van der Waals surface area contributed by atoms with E-state index in [4.69, 9.17) is 5.73 Å². The molecular formula is C14H31Cl2N3O. The second-order valence-corrected chi connectivity index (χ2v) is 5.30. The van der Waals surface area contributed by atoms with Crippen LogP contribution in [0, 0.1) is 5.92 Å². The topological polar surface area (TPSA) is 58.4 Å². The lowest BCUT2D eigenvalue weighted by atomic mass is 10.1. The molecule has 0 aromatic rings. The summed E-state index contributed by atoms with van der Waals surface area (Å²) in [5.41, 5.74) is 5.82. The molecule has 0 aromatic carbocycles. The highest BCUT2D eigenvalue weighted by atomic mass is 35.5. The molecule has 0 heterocycles. The Hall–Kier alpha value is -0.0300. The molecule has 1 amide bonds. The molecule has 1 saturated carbocycles. The van der Waals surface area contributed by atoms with Crippen molar-refractivity contribution >= 4 is 30.7 Å². The van der Waals surface area contributed by atoms with Gasteiger partial charge in [0.1, 0.15) is 0 Å². The number of unbranched alkanes of at least 4 members (excludes halogenated alkanes) is 1. The Morgan fingerprint density at radius 1 is 1.20 bits per heavy atom. The van der Waals surface area contributed by atoms with E-state index < -0.39 is 0 Å². The van der Waals surface area contributed by atoms with Crippen LogP contribution in [0.15, 0.2) is 0 Å². The van der Waals surface area contributed by atoms with E-state index >= 15 is 0 Å². The number of rotatable bonds is 8. The van der Waals surface area contributed by atoms with Crippen LogP contribution in [0.2, 0.25) is 0 Å². The van der Waals surface area contributed by atoms with Gasteiger partial charge in [0, 0.05) is 18.5 Å². The summed E-state index contributed by atoms with van der Waals surface area (Å²) in [6.45, 7) is 8.55. The van der Waals surface area contributed by atoms with E-state index in [2.05, 4.69) is 24.1 Å². The van der Waals surface area contributed by atoms with E-state index in [1.807, 2.05) is 0 Å². The average molecular weight is 328 g/mol. The number of amides is 1. The largest absolute Gasteiger partial charge is 0.356 e. The van der Waals surface area contributed by atoms with Gasteiger partial charge < -0.3 is 16.0 Å². The summed E-state index contributed by atoms with van der Waals surface area (Å²) >= 11 is 0. The maximum absolute atomic E-state index is 11.8. The van der Waals surface area contributed by atoms with Crippen molar-refractivity contribution in [3.05, 3.63) is 0 Å². The highest BCUT2D eigenvalue weighted by Crippen LogP contribution is 2.23. The molecule has 122 valence electrons. The van der Waals surface area contributed by atoms with E-state index in [0.717, 1.165) is 58.3 Å². The van der Waals surface area contributed by atoms with E-state index in [1.54, 1.807) is 0 Å². The van der Waals surface area contributed by atoms with E-state index in [-0.39, 0.29) is 42.7 Å². The molecule has 6 heteroatoms. The number of carbonyl (C=O) groups is 1. The minimum atomic E-state index is 0. The van der Waals surface area contributed by atoms with Crippen LogP contribution >= 0.6 is 24.8 Å². The van der Waals surface area contributed by atoms with Gasteiger partial charge >= 0.3 is 0 Å². The first-order valence-electron chi connectivity index (χ1n) is 7.43. The normalized spacial score (nSPS) is 21.2. The summed E-state index contributed by atoms with van der Waals surface area (Å²) in [7, 11) is 0. The van der Waals surface area contributed by atoms with Gasteiger partial charge in [-0.2, -0.15) is 0 Å². The molecule has 0 radical (unpaired) electrons. The smallest absolute Gasteiger partial charge is 0.223 e. The van der Waals surface area contributed by atoms with Crippen molar-refractivity contribution < 1.29 is 4.79 Å². The Labute approximate surface area is 136 Å². The lowest BCUT2D eigenvalue weighted by molar-refractivity contribution is -0.124. The SMILES string of the molecule is CCN(CC)CCCCNC(=O)C1CCC(N)C1.Cl.Cl. The predicted octanol–water partition coefficient (Wildman–Crippen LogP) is 2.20. The number of hydrogen-bond donors (Lipinski definition) is 2. The van der Waals surface area contributed by atoms with Crippen LogP contribution in [0.4, 0.5) is 0 Å². The minimum absolute atomic E-state index is 0. The third-order valence-electron chi connectivity index (χ3n) is 3.94.